The molecule has 0 radical (unpaired) electrons. The molecule has 2 rings (SSSR count). The number of benzene rings is 2. The lowest BCUT2D eigenvalue weighted by Gasteiger charge is -2.10. The first kappa shape index (κ1) is 14.1. The van der Waals surface area contributed by atoms with E-state index < -0.39 is 5.82 Å². The number of thiocarbonyl (C=S) groups is 1. The maximum absolute atomic E-state index is 13.2. The molecule has 5 heteroatoms. The Hall–Kier alpha value is -2.27. The van der Waals surface area contributed by atoms with Gasteiger partial charge in [0.15, 0.2) is 0 Å². The van der Waals surface area contributed by atoms with Gasteiger partial charge in [-0.3, -0.25) is 4.79 Å². The van der Waals surface area contributed by atoms with Gasteiger partial charge in [-0.25, -0.2) is 4.39 Å². The van der Waals surface area contributed by atoms with Gasteiger partial charge < -0.3 is 11.1 Å². The van der Waals surface area contributed by atoms with Crippen LogP contribution in [0.4, 0.5) is 10.1 Å². The number of hydrogen-bond donors (Lipinski definition) is 2. The molecular formula is C15H13FN2OS. The lowest BCUT2D eigenvalue weighted by molar-refractivity contribution is -0.115. The van der Waals surface area contributed by atoms with Gasteiger partial charge in [0.2, 0.25) is 5.91 Å². The van der Waals surface area contributed by atoms with E-state index in [0.29, 0.717) is 11.3 Å². The SMILES string of the molecule is NC(=S)c1cc(F)ccc1NC(=O)Cc1ccccc1. The smallest absolute Gasteiger partial charge is 0.228 e. The first-order valence-electron chi connectivity index (χ1n) is 5.99. The molecule has 3 N–H and O–H groups in total. The summed E-state index contributed by atoms with van der Waals surface area (Å²) in [7, 11) is 0. The Balaban J connectivity index is 2.14. The highest BCUT2D eigenvalue weighted by Crippen LogP contribution is 2.17. The zero-order chi connectivity index (χ0) is 14.5. The van der Waals surface area contributed by atoms with E-state index in [1.807, 2.05) is 30.3 Å². The van der Waals surface area contributed by atoms with Crippen molar-refractivity contribution in [3.05, 3.63) is 65.5 Å². The van der Waals surface area contributed by atoms with Crippen molar-refractivity contribution in [3.63, 3.8) is 0 Å². The minimum Gasteiger partial charge on any atom is -0.389 e. The highest BCUT2D eigenvalue weighted by atomic mass is 32.1. The van der Waals surface area contributed by atoms with Crippen molar-refractivity contribution < 1.29 is 9.18 Å². The van der Waals surface area contributed by atoms with Crippen LogP contribution in [0.3, 0.4) is 0 Å². The minimum absolute atomic E-state index is 0.0412. The quantitative estimate of drug-likeness (QED) is 0.850. The fraction of sp³-hybridized carbons (Fsp3) is 0.0667. The molecule has 0 aliphatic carbocycles. The molecule has 3 nitrogen and oxygen atoms in total. The number of halogens is 1. The third-order valence-corrected chi connectivity index (χ3v) is 2.95. The Morgan fingerprint density at radius 3 is 2.55 bits per heavy atom. The molecule has 0 saturated carbocycles. The lowest BCUT2D eigenvalue weighted by atomic mass is 10.1. The van der Waals surface area contributed by atoms with E-state index in [2.05, 4.69) is 5.32 Å². The Kier molecular flexibility index (Phi) is 4.42. The Morgan fingerprint density at radius 2 is 1.90 bits per heavy atom. The number of nitrogens with two attached hydrogens (primary N) is 1. The molecule has 1 amide bonds. The molecule has 0 aliphatic heterocycles. The number of anilines is 1. The van der Waals surface area contributed by atoms with Crippen LogP contribution in [-0.4, -0.2) is 10.9 Å². The molecule has 0 aliphatic rings. The van der Waals surface area contributed by atoms with Gasteiger partial charge in [-0.15, -0.1) is 0 Å². The van der Waals surface area contributed by atoms with Gasteiger partial charge in [-0.2, -0.15) is 0 Å². The second-order valence-corrected chi connectivity index (χ2v) is 4.70. The van der Waals surface area contributed by atoms with Crippen LogP contribution in [0.2, 0.25) is 0 Å². The highest BCUT2D eigenvalue weighted by Gasteiger charge is 2.10. The minimum atomic E-state index is -0.450. The van der Waals surface area contributed by atoms with Crippen LogP contribution >= 0.6 is 12.2 Å². The molecule has 0 spiro atoms. The maximum atomic E-state index is 13.2. The van der Waals surface area contributed by atoms with Gasteiger partial charge in [0, 0.05) is 5.56 Å². The Labute approximate surface area is 121 Å². The van der Waals surface area contributed by atoms with Crippen molar-refractivity contribution in [2.75, 3.05) is 5.32 Å². The van der Waals surface area contributed by atoms with Gasteiger partial charge in [-0.1, -0.05) is 42.5 Å². The first-order chi connectivity index (χ1) is 9.56. The summed E-state index contributed by atoms with van der Waals surface area (Å²) < 4.78 is 13.2. The van der Waals surface area contributed by atoms with Crippen LogP contribution in [0.1, 0.15) is 11.1 Å². The van der Waals surface area contributed by atoms with Crippen LogP contribution in [-0.2, 0) is 11.2 Å². The van der Waals surface area contributed by atoms with Crippen molar-refractivity contribution in [2.45, 2.75) is 6.42 Å². The predicted molar refractivity (Wildman–Crippen MR) is 81.1 cm³/mol. The van der Waals surface area contributed by atoms with Crippen molar-refractivity contribution >= 4 is 28.8 Å². The summed E-state index contributed by atoms with van der Waals surface area (Å²) in [5, 5.41) is 2.69. The van der Waals surface area contributed by atoms with E-state index in [1.54, 1.807) is 0 Å². The van der Waals surface area contributed by atoms with Gasteiger partial charge in [0.25, 0.3) is 0 Å². The van der Waals surface area contributed by atoms with Crippen LogP contribution in [0, 0.1) is 5.82 Å². The van der Waals surface area contributed by atoms with Gasteiger partial charge in [0.05, 0.1) is 12.1 Å². The molecule has 102 valence electrons. The molecule has 0 aromatic heterocycles. The first-order valence-corrected chi connectivity index (χ1v) is 6.40. The van der Waals surface area contributed by atoms with Gasteiger partial charge >= 0.3 is 0 Å². The Bertz CT molecular complexity index is 644. The molecule has 0 fully saturated rings. The second kappa shape index (κ2) is 6.25. The number of carbonyl (C=O) groups excluding carboxylic acids is 1. The molecule has 0 saturated heterocycles. The maximum Gasteiger partial charge on any atom is 0.228 e. The van der Waals surface area contributed by atoms with E-state index in [1.165, 1.54) is 18.2 Å². The monoisotopic (exact) mass is 288 g/mol. The standard InChI is InChI=1S/C15H13FN2OS/c16-11-6-7-13(12(9-11)15(17)20)18-14(19)8-10-4-2-1-3-5-10/h1-7,9H,8H2,(H2,17,20)(H,18,19). The largest absolute Gasteiger partial charge is 0.389 e. The van der Waals surface area contributed by atoms with E-state index in [4.69, 9.17) is 18.0 Å². The summed E-state index contributed by atoms with van der Waals surface area (Å²) in [5.74, 6) is -0.658. The summed E-state index contributed by atoms with van der Waals surface area (Å²) in [5.41, 5.74) is 7.16. The molecule has 2 aromatic carbocycles. The summed E-state index contributed by atoms with van der Waals surface area (Å²) in [4.78, 5) is 12.0. The number of nitrogens with one attached hydrogen (secondary N) is 1. The third kappa shape index (κ3) is 3.61. The topological polar surface area (TPSA) is 55.1 Å². The zero-order valence-electron chi connectivity index (χ0n) is 10.6. The van der Waals surface area contributed by atoms with Gasteiger partial charge in [0.1, 0.15) is 10.8 Å². The molecule has 2 aromatic rings. The molecular weight excluding hydrogens is 275 g/mol. The number of carbonyl (C=O) groups is 1. The fourth-order valence-corrected chi connectivity index (χ4v) is 1.97. The summed E-state index contributed by atoms with van der Waals surface area (Å²) in [6.07, 6.45) is 0.231. The van der Waals surface area contributed by atoms with E-state index in [9.17, 15) is 9.18 Å². The summed E-state index contributed by atoms with van der Waals surface area (Å²) in [6, 6.07) is 13.2. The number of rotatable bonds is 4. The molecule has 0 unspecified atom stereocenters. The summed E-state index contributed by atoms with van der Waals surface area (Å²) in [6.45, 7) is 0. The average Bonchev–Trinajstić information content (AvgIpc) is 2.41. The normalized spacial score (nSPS) is 10.1. The van der Waals surface area contributed by atoms with Crippen molar-refractivity contribution in [1.82, 2.24) is 0 Å². The highest BCUT2D eigenvalue weighted by molar-refractivity contribution is 7.80. The molecule has 0 heterocycles. The summed E-state index contributed by atoms with van der Waals surface area (Å²) >= 11 is 4.85. The average molecular weight is 288 g/mol. The van der Waals surface area contributed by atoms with E-state index >= 15 is 0 Å². The predicted octanol–water partition coefficient (Wildman–Crippen LogP) is 2.64. The van der Waals surface area contributed by atoms with Crippen LogP contribution in [0.5, 0.6) is 0 Å². The van der Waals surface area contributed by atoms with Crippen molar-refractivity contribution in [1.29, 1.82) is 0 Å². The van der Waals surface area contributed by atoms with E-state index in [0.717, 1.165) is 5.56 Å². The Morgan fingerprint density at radius 1 is 1.20 bits per heavy atom. The van der Waals surface area contributed by atoms with E-state index in [-0.39, 0.29) is 17.3 Å². The number of amides is 1. The fourth-order valence-electron chi connectivity index (χ4n) is 1.80. The molecule has 20 heavy (non-hydrogen) atoms. The second-order valence-electron chi connectivity index (χ2n) is 4.26. The number of hydrogen-bond acceptors (Lipinski definition) is 2. The van der Waals surface area contributed by atoms with Crippen LogP contribution in [0.25, 0.3) is 0 Å². The van der Waals surface area contributed by atoms with Crippen LogP contribution < -0.4 is 11.1 Å². The van der Waals surface area contributed by atoms with Crippen molar-refractivity contribution in [3.8, 4) is 0 Å². The van der Waals surface area contributed by atoms with Gasteiger partial charge in [-0.05, 0) is 23.8 Å². The lowest BCUT2D eigenvalue weighted by Crippen LogP contribution is -2.19. The molecule has 0 atom stereocenters. The van der Waals surface area contributed by atoms with Crippen molar-refractivity contribution in [2.24, 2.45) is 5.73 Å². The van der Waals surface area contributed by atoms with Crippen LogP contribution in [0.15, 0.2) is 48.5 Å². The molecule has 0 bridgehead atoms. The zero-order valence-corrected chi connectivity index (χ0v) is 11.4. The third-order valence-electron chi connectivity index (χ3n) is 2.73.